The van der Waals surface area contributed by atoms with E-state index in [2.05, 4.69) is 27.0 Å². The largest absolute Gasteiger partial charge is 0.494 e. The number of fused-ring (bicyclic) bond motifs is 1. The van der Waals surface area contributed by atoms with Crippen LogP contribution in [0, 0.1) is 28.5 Å². The van der Waals surface area contributed by atoms with Gasteiger partial charge in [0, 0.05) is 16.8 Å². The van der Waals surface area contributed by atoms with Crippen molar-refractivity contribution in [2.75, 3.05) is 7.11 Å². The highest BCUT2D eigenvalue weighted by molar-refractivity contribution is 6.33. The second kappa shape index (κ2) is 9.86. The number of ether oxygens (including phenoxy) is 1. The first-order valence-corrected chi connectivity index (χ1v) is 12.6. The molecular weight excluding hydrogens is 501 g/mol. The summed E-state index contributed by atoms with van der Waals surface area (Å²) in [5, 5.41) is 18.4. The molecule has 11 heteroatoms. The van der Waals surface area contributed by atoms with Gasteiger partial charge in [0.05, 0.1) is 23.7 Å². The molecule has 2 aliphatic rings. The summed E-state index contributed by atoms with van der Waals surface area (Å²) in [6.07, 6.45) is 3.02. The molecule has 4 rings (SSSR count). The van der Waals surface area contributed by atoms with E-state index in [4.69, 9.17) is 16.3 Å². The third kappa shape index (κ3) is 5.82. The number of halogens is 2. The Morgan fingerprint density at radius 2 is 2.03 bits per heavy atom. The van der Waals surface area contributed by atoms with Gasteiger partial charge in [0.15, 0.2) is 0 Å². The molecule has 2 heterocycles. The van der Waals surface area contributed by atoms with E-state index in [0.29, 0.717) is 11.8 Å². The normalized spacial score (nSPS) is 19.7. The summed E-state index contributed by atoms with van der Waals surface area (Å²) in [4.78, 5) is 41.4. The molecule has 2 fully saturated rings. The van der Waals surface area contributed by atoms with E-state index >= 15 is 0 Å². The number of hydrogen-bond donors (Lipinski definition) is 4. The molecule has 1 aromatic carbocycles. The molecule has 1 saturated heterocycles. The summed E-state index contributed by atoms with van der Waals surface area (Å²) in [7, 11) is 1.39. The van der Waals surface area contributed by atoms with Gasteiger partial charge in [-0.3, -0.25) is 14.4 Å². The van der Waals surface area contributed by atoms with Crippen LogP contribution in [0.25, 0.3) is 10.9 Å². The summed E-state index contributed by atoms with van der Waals surface area (Å²) in [5.41, 5.74) is -0.392. The first kappa shape index (κ1) is 26.7. The van der Waals surface area contributed by atoms with Crippen molar-refractivity contribution in [1.82, 2.24) is 20.9 Å². The minimum atomic E-state index is -0.975. The van der Waals surface area contributed by atoms with Crippen molar-refractivity contribution in [1.29, 1.82) is 5.26 Å². The highest BCUT2D eigenvalue weighted by Crippen LogP contribution is 2.46. The number of benzene rings is 1. The predicted octanol–water partition coefficient (Wildman–Crippen LogP) is 3.57. The summed E-state index contributed by atoms with van der Waals surface area (Å²) in [5.74, 6) is -2.02. The van der Waals surface area contributed by atoms with Crippen molar-refractivity contribution in [3.05, 3.63) is 28.7 Å². The van der Waals surface area contributed by atoms with E-state index in [1.54, 1.807) is 0 Å². The Hall–Kier alpha value is -3.32. The number of amides is 3. The van der Waals surface area contributed by atoms with Crippen molar-refractivity contribution >= 4 is 40.2 Å². The molecule has 198 valence electrons. The summed E-state index contributed by atoms with van der Waals surface area (Å²) in [6.45, 7) is 5.76. The second-order valence-electron chi connectivity index (χ2n) is 11.2. The topological polar surface area (TPSA) is 136 Å². The van der Waals surface area contributed by atoms with Crippen molar-refractivity contribution in [2.45, 2.75) is 70.5 Å². The molecule has 9 nitrogen and oxygen atoms in total. The van der Waals surface area contributed by atoms with Gasteiger partial charge in [0.2, 0.25) is 11.8 Å². The number of methoxy groups -OCH3 is 1. The second-order valence-corrected chi connectivity index (χ2v) is 11.6. The van der Waals surface area contributed by atoms with E-state index in [1.165, 1.54) is 13.2 Å². The Kier molecular flexibility index (Phi) is 7.12. The van der Waals surface area contributed by atoms with Gasteiger partial charge in [0.25, 0.3) is 5.91 Å². The Morgan fingerprint density at radius 1 is 1.32 bits per heavy atom. The first-order valence-electron chi connectivity index (χ1n) is 12.2. The van der Waals surface area contributed by atoms with E-state index in [9.17, 15) is 24.0 Å². The SMILES string of the molecule is COc1c(Cl)cc(F)c2[nH]c(C(=O)NC(CC(C)(C)C)C(=O)NC(C#N)CC3CC4(CC4)NC3=O)cc12. The summed E-state index contributed by atoms with van der Waals surface area (Å²) in [6, 6.07) is 2.72. The molecule has 1 aromatic heterocycles. The molecule has 0 bridgehead atoms. The minimum absolute atomic E-state index is 0.0235. The highest BCUT2D eigenvalue weighted by Gasteiger charge is 2.52. The summed E-state index contributed by atoms with van der Waals surface area (Å²) >= 11 is 6.06. The molecule has 3 amide bonds. The fourth-order valence-corrected chi connectivity index (χ4v) is 5.21. The number of hydrogen-bond acceptors (Lipinski definition) is 5. The third-order valence-electron chi connectivity index (χ3n) is 6.90. The fourth-order valence-electron chi connectivity index (χ4n) is 4.94. The number of carbonyl (C=O) groups excluding carboxylic acids is 3. The van der Waals surface area contributed by atoms with Gasteiger partial charge in [-0.25, -0.2) is 4.39 Å². The smallest absolute Gasteiger partial charge is 0.268 e. The van der Waals surface area contributed by atoms with Crippen molar-refractivity contribution in [3.8, 4) is 11.8 Å². The monoisotopic (exact) mass is 531 g/mol. The predicted molar refractivity (Wildman–Crippen MR) is 136 cm³/mol. The minimum Gasteiger partial charge on any atom is -0.494 e. The fraction of sp³-hybridized carbons (Fsp3) is 0.538. The number of rotatable bonds is 8. The van der Waals surface area contributed by atoms with Crippen LogP contribution in [0.2, 0.25) is 5.02 Å². The first-order chi connectivity index (χ1) is 17.3. The maximum absolute atomic E-state index is 14.5. The van der Waals surface area contributed by atoms with E-state index in [0.717, 1.165) is 18.9 Å². The maximum atomic E-state index is 14.5. The number of nitriles is 1. The van der Waals surface area contributed by atoms with Crippen LogP contribution in [-0.4, -0.2) is 47.4 Å². The van der Waals surface area contributed by atoms with E-state index < -0.39 is 29.7 Å². The zero-order valence-corrected chi connectivity index (χ0v) is 22.0. The third-order valence-corrected chi connectivity index (χ3v) is 7.18. The van der Waals surface area contributed by atoms with Crippen molar-refractivity contribution in [3.63, 3.8) is 0 Å². The van der Waals surface area contributed by atoms with Crippen LogP contribution < -0.4 is 20.7 Å². The van der Waals surface area contributed by atoms with Gasteiger partial charge in [-0.1, -0.05) is 32.4 Å². The average molecular weight is 532 g/mol. The van der Waals surface area contributed by atoms with Crippen LogP contribution in [0.1, 0.15) is 63.4 Å². The molecular formula is C26H31ClFN5O4. The molecule has 4 N–H and O–H groups in total. The molecule has 1 spiro atoms. The van der Waals surface area contributed by atoms with Crippen LogP contribution in [0.15, 0.2) is 12.1 Å². The average Bonchev–Trinajstić information content (AvgIpc) is 3.27. The quantitative estimate of drug-likeness (QED) is 0.413. The van der Waals surface area contributed by atoms with Gasteiger partial charge in [-0.15, -0.1) is 0 Å². The Labute approximate surface area is 219 Å². The Morgan fingerprint density at radius 3 is 2.59 bits per heavy atom. The lowest BCUT2D eigenvalue weighted by Gasteiger charge is -2.27. The Bertz CT molecular complexity index is 1290. The lowest BCUT2D eigenvalue weighted by Crippen LogP contribution is -2.51. The number of aromatic nitrogens is 1. The molecule has 37 heavy (non-hydrogen) atoms. The zero-order chi connectivity index (χ0) is 27.1. The van der Waals surface area contributed by atoms with Gasteiger partial charge in [-0.05, 0) is 49.7 Å². The van der Waals surface area contributed by atoms with E-state index in [-0.39, 0.29) is 57.6 Å². The lowest BCUT2D eigenvalue weighted by atomic mass is 9.87. The van der Waals surface area contributed by atoms with Gasteiger partial charge < -0.3 is 25.7 Å². The number of nitrogens with one attached hydrogen (secondary N) is 4. The molecule has 3 unspecified atom stereocenters. The lowest BCUT2D eigenvalue weighted by molar-refractivity contribution is -0.125. The van der Waals surface area contributed by atoms with Gasteiger partial charge in [0.1, 0.15) is 29.3 Å². The number of H-pyrrole nitrogens is 1. The van der Waals surface area contributed by atoms with Crippen LogP contribution in [-0.2, 0) is 9.59 Å². The van der Waals surface area contributed by atoms with Crippen LogP contribution >= 0.6 is 11.6 Å². The van der Waals surface area contributed by atoms with Gasteiger partial charge in [-0.2, -0.15) is 5.26 Å². The molecule has 1 aliphatic heterocycles. The maximum Gasteiger partial charge on any atom is 0.268 e. The van der Waals surface area contributed by atoms with Gasteiger partial charge >= 0.3 is 0 Å². The number of carbonyl (C=O) groups is 3. The van der Waals surface area contributed by atoms with E-state index in [1.807, 2.05) is 20.8 Å². The molecule has 1 saturated carbocycles. The highest BCUT2D eigenvalue weighted by atomic mass is 35.5. The van der Waals surface area contributed by atoms with Crippen molar-refractivity contribution < 1.29 is 23.5 Å². The van der Waals surface area contributed by atoms with Crippen molar-refractivity contribution in [2.24, 2.45) is 11.3 Å². The molecule has 0 radical (unpaired) electrons. The zero-order valence-electron chi connectivity index (χ0n) is 21.3. The number of aromatic amines is 1. The molecule has 2 aromatic rings. The summed E-state index contributed by atoms with van der Waals surface area (Å²) < 4.78 is 19.7. The standard InChI is InChI=1S/C26H31ClFN5O4/c1-25(2,3)11-19(24(36)30-14(12-29)7-13-10-26(5-6-26)33-22(13)34)32-23(35)18-8-15-20(31-18)17(28)9-16(27)21(15)37-4/h8-9,13-14,19,31H,5-7,10-11H2,1-4H3,(H,30,36)(H,32,35)(H,33,34). The molecule has 1 aliphatic carbocycles. The molecule has 3 atom stereocenters. The van der Waals surface area contributed by atoms with Crippen LogP contribution in [0.3, 0.4) is 0 Å². The van der Waals surface area contributed by atoms with Crippen LogP contribution in [0.4, 0.5) is 4.39 Å². The Balaban J connectivity index is 1.50. The number of nitrogens with zero attached hydrogens (tertiary/aromatic N) is 1. The van der Waals surface area contributed by atoms with Crippen LogP contribution in [0.5, 0.6) is 5.75 Å².